The van der Waals surface area contributed by atoms with Gasteiger partial charge in [-0.2, -0.15) is 13.2 Å². The van der Waals surface area contributed by atoms with Gasteiger partial charge in [-0.15, -0.1) is 0 Å². The molecule has 3 aromatic carbocycles. The van der Waals surface area contributed by atoms with Crippen LogP contribution in [0.4, 0.5) is 13.2 Å². The molecule has 2 aliphatic heterocycles. The number of carboxylic acids is 1. The van der Waals surface area contributed by atoms with E-state index in [1.54, 1.807) is 30.3 Å². The summed E-state index contributed by atoms with van der Waals surface area (Å²) in [7, 11) is 0. The Morgan fingerprint density at radius 3 is 2.20 bits per heavy atom. The zero-order valence-corrected chi connectivity index (χ0v) is 21.4. The number of hydrogen-bond donors (Lipinski definition) is 3. The Labute approximate surface area is 229 Å². The number of imide groups is 1. The minimum absolute atomic E-state index is 0.00778. The Bertz CT molecular complexity index is 1400. The third-order valence-corrected chi connectivity index (χ3v) is 7.71. The maximum absolute atomic E-state index is 13.8. The van der Waals surface area contributed by atoms with Gasteiger partial charge in [0.05, 0.1) is 17.4 Å². The third kappa shape index (κ3) is 5.12. The lowest BCUT2D eigenvalue weighted by atomic mass is 9.76. The smallest absolute Gasteiger partial charge is 0.416 e. The molecule has 0 aromatic heterocycles. The summed E-state index contributed by atoms with van der Waals surface area (Å²) < 4.78 is 40.6. The Morgan fingerprint density at radius 1 is 0.925 bits per heavy atom. The first kappa shape index (κ1) is 27.5. The minimum atomic E-state index is -4.63. The van der Waals surface area contributed by atoms with Crippen LogP contribution in [0.25, 0.3) is 0 Å². The predicted molar refractivity (Wildman–Crippen MR) is 140 cm³/mol. The highest BCUT2D eigenvalue weighted by Crippen LogP contribution is 2.50. The van der Waals surface area contributed by atoms with E-state index in [0.29, 0.717) is 12.1 Å². The standard InChI is InChI=1S/C30H28F3N3O4/c31-30(32,33)22-13-7-12-21(16-22)25-23-24(29(35-25,28(39)40)17-19-8-3-1-4-9-19)27(38)36(26(23)37)15-14-34-18-20-10-5-2-6-11-20/h1-13,16,23-25,34-35H,14-15,17-18H2,(H,39,40). The number of alkyl halides is 3. The molecule has 2 amide bonds. The molecule has 2 heterocycles. The normalized spacial score (nSPS) is 24.4. The van der Waals surface area contributed by atoms with Gasteiger partial charge in [-0.1, -0.05) is 72.8 Å². The van der Waals surface area contributed by atoms with Gasteiger partial charge in [0.2, 0.25) is 11.8 Å². The highest BCUT2D eigenvalue weighted by Gasteiger charge is 2.68. The largest absolute Gasteiger partial charge is 0.480 e. The van der Waals surface area contributed by atoms with Crippen molar-refractivity contribution in [3.8, 4) is 0 Å². The van der Waals surface area contributed by atoms with E-state index >= 15 is 0 Å². The van der Waals surface area contributed by atoms with Crippen molar-refractivity contribution in [1.82, 2.24) is 15.5 Å². The molecule has 10 heteroatoms. The molecule has 5 rings (SSSR count). The lowest BCUT2D eigenvalue weighted by Gasteiger charge is -2.31. The number of amides is 2. The van der Waals surface area contributed by atoms with E-state index in [0.717, 1.165) is 22.6 Å². The number of aliphatic carboxylic acids is 1. The van der Waals surface area contributed by atoms with Gasteiger partial charge in [-0.05, 0) is 28.8 Å². The summed E-state index contributed by atoms with van der Waals surface area (Å²) in [6.45, 7) is 0.783. The second-order valence-corrected chi connectivity index (χ2v) is 10.2. The van der Waals surface area contributed by atoms with Gasteiger partial charge >= 0.3 is 12.1 Å². The van der Waals surface area contributed by atoms with E-state index in [1.807, 2.05) is 30.3 Å². The molecule has 4 atom stereocenters. The van der Waals surface area contributed by atoms with Crippen LogP contribution in [0.1, 0.15) is 28.3 Å². The molecule has 4 unspecified atom stereocenters. The first-order valence-corrected chi connectivity index (χ1v) is 12.9. The van der Waals surface area contributed by atoms with Crippen LogP contribution in [-0.2, 0) is 33.5 Å². The SMILES string of the molecule is O=C1C2C(c3cccc(C(F)(F)F)c3)NC(Cc3ccccc3)(C(=O)O)C2C(=O)N1CCNCc1ccccc1. The summed E-state index contributed by atoms with van der Waals surface area (Å²) >= 11 is 0. The first-order valence-electron chi connectivity index (χ1n) is 12.9. The molecule has 40 heavy (non-hydrogen) atoms. The number of nitrogens with one attached hydrogen (secondary N) is 2. The number of likely N-dealkylation sites (tertiary alicyclic amines) is 1. The van der Waals surface area contributed by atoms with E-state index in [-0.39, 0.29) is 25.1 Å². The molecule has 0 spiro atoms. The molecule has 0 radical (unpaired) electrons. The summed E-state index contributed by atoms with van der Waals surface area (Å²) in [6.07, 6.45) is -4.76. The summed E-state index contributed by atoms with van der Waals surface area (Å²) in [5.41, 5.74) is -1.09. The van der Waals surface area contributed by atoms with E-state index in [1.165, 1.54) is 12.1 Å². The molecule has 2 fully saturated rings. The zero-order valence-electron chi connectivity index (χ0n) is 21.4. The number of benzene rings is 3. The molecule has 0 bridgehead atoms. The van der Waals surface area contributed by atoms with Gasteiger partial charge in [0.15, 0.2) is 0 Å². The second-order valence-electron chi connectivity index (χ2n) is 10.2. The third-order valence-electron chi connectivity index (χ3n) is 7.71. The van der Waals surface area contributed by atoms with Crippen LogP contribution < -0.4 is 10.6 Å². The van der Waals surface area contributed by atoms with E-state index in [4.69, 9.17) is 0 Å². The van der Waals surface area contributed by atoms with Crippen molar-refractivity contribution in [1.29, 1.82) is 0 Å². The van der Waals surface area contributed by atoms with Gasteiger partial charge < -0.3 is 10.4 Å². The molecule has 0 saturated carbocycles. The van der Waals surface area contributed by atoms with Crippen LogP contribution >= 0.6 is 0 Å². The van der Waals surface area contributed by atoms with Crippen LogP contribution in [0.5, 0.6) is 0 Å². The van der Waals surface area contributed by atoms with Gasteiger partial charge in [0, 0.05) is 32.1 Å². The van der Waals surface area contributed by atoms with Crippen LogP contribution in [0.2, 0.25) is 0 Å². The monoisotopic (exact) mass is 551 g/mol. The number of carbonyl (C=O) groups excluding carboxylic acids is 2. The average Bonchev–Trinajstić information content (AvgIpc) is 3.41. The van der Waals surface area contributed by atoms with Crippen molar-refractivity contribution in [3.63, 3.8) is 0 Å². The molecule has 3 N–H and O–H groups in total. The Balaban J connectivity index is 1.48. The van der Waals surface area contributed by atoms with Crippen molar-refractivity contribution < 1.29 is 32.7 Å². The number of hydrogen-bond acceptors (Lipinski definition) is 5. The van der Waals surface area contributed by atoms with E-state index in [9.17, 15) is 32.7 Å². The molecule has 2 aliphatic rings. The second kappa shape index (κ2) is 10.9. The summed E-state index contributed by atoms with van der Waals surface area (Å²) in [5.74, 6) is -5.05. The summed E-state index contributed by atoms with van der Waals surface area (Å²) in [4.78, 5) is 41.4. The molecule has 7 nitrogen and oxygen atoms in total. The molecular weight excluding hydrogens is 523 g/mol. The predicted octanol–water partition coefficient (Wildman–Crippen LogP) is 3.81. The van der Waals surface area contributed by atoms with E-state index < -0.39 is 52.9 Å². The zero-order chi connectivity index (χ0) is 28.5. The van der Waals surface area contributed by atoms with Gasteiger partial charge in [0.25, 0.3) is 0 Å². The average molecular weight is 552 g/mol. The van der Waals surface area contributed by atoms with Crippen LogP contribution in [0.3, 0.4) is 0 Å². The van der Waals surface area contributed by atoms with Gasteiger partial charge in [-0.3, -0.25) is 24.6 Å². The number of nitrogens with zero attached hydrogens (tertiary/aromatic N) is 1. The van der Waals surface area contributed by atoms with Crippen LogP contribution in [0, 0.1) is 11.8 Å². The van der Waals surface area contributed by atoms with Crippen molar-refractivity contribution in [3.05, 3.63) is 107 Å². The lowest BCUT2D eigenvalue weighted by Crippen LogP contribution is -2.57. The number of rotatable bonds is 9. The lowest BCUT2D eigenvalue weighted by molar-refractivity contribution is -0.151. The fraction of sp³-hybridized carbons (Fsp3) is 0.300. The number of carboxylic acid groups (broad SMARTS) is 1. The van der Waals surface area contributed by atoms with Crippen molar-refractivity contribution in [2.24, 2.45) is 11.8 Å². The molecule has 2 saturated heterocycles. The maximum Gasteiger partial charge on any atom is 0.416 e. The van der Waals surface area contributed by atoms with Crippen molar-refractivity contribution in [2.45, 2.75) is 30.7 Å². The highest BCUT2D eigenvalue weighted by molar-refractivity contribution is 6.09. The quantitative estimate of drug-likeness (QED) is 0.277. The summed E-state index contributed by atoms with van der Waals surface area (Å²) in [6, 6.07) is 21.6. The highest BCUT2D eigenvalue weighted by atomic mass is 19.4. The molecule has 208 valence electrons. The fourth-order valence-corrected chi connectivity index (χ4v) is 5.85. The number of fused-ring (bicyclic) bond motifs is 1. The van der Waals surface area contributed by atoms with Crippen LogP contribution in [0.15, 0.2) is 84.9 Å². The Hall–Kier alpha value is -4.02. The van der Waals surface area contributed by atoms with Gasteiger partial charge in [0.1, 0.15) is 5.54 Å². The van der Waals surface area contributed by atoms with Gasteiger partial charge in [-0.25, -0.2) is 0 Å². The van der Waals surface area contributed by atoms with Crippen LogP contribution in [-0.4, -0.2) is 46.4 Å². The number of halogens is 3. The van der Waals surface area contributed by atoms with Crippen molar-refractivity contribution in [2.75, 3.05) is 13.1 Å². The molecule has 0 aliphatic carbocycles. The maximum atomic E-state index is 13.8. The topological polar surface area (TPSA) is 98.7 Å². The van der Waals surface area contributed by atoms with Crippen molar-refractivity contribution >= 4 is 17.8 Å². The number of carbonyl (C=O) groups is 3. The fourth-order valence-electron chi connectivity index (χ4n) is 5.85. The first-order chi connectivity index (χ1) is 19.1. The Morgan fingerprint density at radius 2 is 1.57 bits per heavy atom. The molecule has 3 aromatic rings. The molecular formula is C30H28F3N3O4. The minimum Gasteiger partial charge on any atom is -0.480 e. The van der Waals surface area contributed by atoms with E-state index in [2.05, 4.69) is 10.6 Å². The summed E-state index contributed by atoms with van der Waals surface area (Å²) in [5, 5.41) is 16.7. The Kier molecular flexibility index (Phi) is 7.48.